The first kappa shape index (κ1) is 27.9. The highest BCUT2D eigenvalue weighted by Crippen LogP contribution is 2.37. The number of aromatic nitrogens is 3. The van der Waals surface area contributed by atoms with E-state index < -0.39 is 0 Å². The maximum absolute atomic E-state index is 6.23. The smallest absolute Gasteiger partial charge is 0.164 e. The molecule has 4 nitrogen and oxygen atoms in total. The van der Waals surface area contributed by atoms with E-state index in [1.807, 2.05) is 30.3 Å². The zero-order chi connectivity index (χ0) is 32.3. The molecule has 0 saturated carbocycles. The molecule has 4 heteroatoms. The lowest BCUT2D eigenvalue weighted by Gasteiger charge is -2.14. The summed E-state index contributed by atoms with van der Waals surface area (Å²) < 4.78 is 6.23. The van der Waals surface area contributed by atoms with Crippen molar-refractivity contribution in [2.24, 2.45) is 0 Å². The number of benzene rings is 6. The third-order valence-corrected chi connectivity index (χ3v) is 10.1. The summed E-state index contributed by atoms with van der Waals surface area (Å²) in [5.74, 6) is 1.94. The van der Waals surface area contributed by atoms with Gasteiger partial charge in [-0.2, -0.15) is 0 Å². The summed E-state index contributed by atoms with van der Waals surface area (Å²) in [4.78, 5) is 15.3. The minimum Gasteiger partial charge on any atom is -0.456 e. The number of aryl methyl sites for hydroxylation is 2. The van der Waals surface area contributed by atoms with Crippen molar-refractivity contribution in [1.82, 2.24) is 15.0 Å². The van der Waals surface area contributed by atoms with Gasteiger partial charge in [0.15, 0.2) is 17.5 Å². The Morgan fingerprint density at radius 3 is 2.14 bits per heavy atom. The first-order valence-electron chi connectivity index (χ1n) is 17.0. The van der Waals surface area contributed by atoms with Crippen molar-refractivity contribution in [1.29, 1.82) is 0 Å². The highest BCUT2D eigenvalue weighted by Gasteiger charge is 2.19. The fourth-order valence-corrected chi connectivity index (χ4v) is 7.53. The molecular formula is C45H31N3O. The van der Waals surface area contributed by atoms with E-state index in [0.717, 1.165) is 69.9 Å². The Hall–Kier alpha value is -6.13. The maximum atomic E-state index is 6.23. The molecule has 0 amide bonds. The van der Waals surface area contributed by atoms with Crippen molar-refractivity contribution in [3.8, 4) is 45.3 Å². The van der Waals surface area contributed by atoms with E-state index in [-0.39, 0.29) is 0 Å². The second-order valence-corrected chi connectivity index (χ2v) is 13.0. The number of fused-ring (bicyclic) bond motifs is 7. The van der Waals surface area contributed by atoms with Crippen molar-refractivity contribution in [2.75, 3.05) is 0 Å². The van der Waals surface area contributed by atoms with Crippen LogP contribution in [0.15, 0.2) is 132 Å². The van der Waals surface area contributed by atoms with E-state index in [0.29, 0.717) is 17.5 Å². The van der Waals surface area contributed by atoms with E-state index >= 15 is 0 Å². The number of hydrogen-bond acceptors (Lipinski definition) is 4. The highest BCUT2D eigenvalue weighted by atomic mass is 16.3. The SMILES string of the molecule is C1=Cc2ccc(-c3nc(-c4ccc(-c5ccc6c7c(ccc6c5)CCC=C7)cc4)nc(-c4cccc5oc6ccccc6c45)n3)cc2CC1. The van der Waals surface area contributed by atoms with Gasteiger partial charge in [-0.05, 0) is 94.1 Å². The lowest BCUT2D eigenvalue weighted by molar-refractivity contribution is 0.669. The van der Waals surface area contributed by atoms with Gasteiger partial charge in [-0.25, -0.2) is 15.0 Å². The Morgan fingerprint density at radius 1 is 0.490 bits per heavy atom. The largest absolute Gasteiger partial charge is 0.456 e. The molecular weight excluding hydrogens is 599 g/mol. The zero-order valence-electron chi connectivity index (χ0n) is 26.9. The van der Waals surface area contributed by atoms with Gasteiger partial charge in [0, 0.05) is 27.5 Å². The van der Waals surface area contributed by atoms with Gasteiger partial charge in [0.05, 0.1) is 0 Å². The van der Waals surface area contributed by atoms with Gasteiger partial charge in [0.1, 0.15) is 11.2 Å². The topological polar surface area (TPSA) is 51.8 Å². The fourth-order valence-electron chi connectivity index (χ4n) is 7.53. The molecule has 8 aromatic rings. The molecule has 2 aliphatic carbocycles. The van der Waals surface area contributed by atoms with E-state index in [1.165, 1.54) is 38.6 Å². The van der Waals surface area contributed by atoms with Crippen LogP contribution in [0.5, 0.6) is 0 Å². The molecule has 0 saturated heterocycles. The molecule has 2 aromatic heterocycles. The quantitative estimate of drug-likeness (QED) is 0.194. The second-order valence-electron chi connectivity index (χ2n) is 13.0. The predicted molar refractivity (Wildman–Crippen MR) is 201 cm³/mol. The normalized spacial score (nSPS) is 13.6. The third-order valence-electron chi connectivity index (χ3n) is 10.1. The molecule has 0 aliphatic heterocycles. The van der Waals surface area contributed by atoms with Crippen LogP contribution in [0.3, 0.4) is 0 Å². The van der Waals surface area contributed by atoms with Gasteiger partial charge in [-0.15, -0.1) is 0 Å². The molecule has 0 fully saturated rings. The number of allylic oxidation sites excluding steroid dienone is 2. The monoisotopic (exact) mass is 629 g/mol. The van der Waals surface area contributed by atoms with Gasteiger partial charge in [-0.3, -0.25) is 0 Å². The number of nitrogens with zero attached hydrogens (tertiary/aromatic N) is 3. The van der Waals surface area contributed by atoms with Crippen LogP contribution in [0.25, 0.3) is 90.2 Å². The van der Waals surface area contributed by atoms with Crippen LogP contribution in [0.2, 0.25) is 0 Å². The molecule has 0 radical (unpaired) electrons. The number of rotatable bonds is 4. The summed E-state index contributed by atoms with van der Waals surface area (Å²) in [6.07, 6.45) is 13.3. The van der Waals surface area contributed by atoms with Crippen molar-refractivity contribution in [3.05, 3.63) is 150 Å². The molecule has 10 rings (SSSR count). The van der Waals surface area contributed by atoms with E-state index in [4.69, 9.17) is 19.4 Å². The highest BCUT2D eigenvalue weighted by molar-refractivity contribution is 6.11. The molecule has 0 N–H and O–H groups in total. The van der Waals surface area contributed by atoms with Crippen LogP contribution >= 0.6 is 0 Å². The minimum atomic E-state index is 0.630. The first-order valence-corrected chi connectivity index (χ1v) is 17.0. The Balaban J connectivity index is 1.10. The molecule has 6 aromatic carbocycles. The van der Waals surface area contributed by atoms with Gasteiger partial charge < -0.3 is 4.42 Å². The molecule has 0 atom stereocenters. The summed E-state index contributed by atoms with van der Waals surface area (Å²) >= 11 is 0. The Kier molecular flexibility index (Phi) is 6.41. The summed E-state index contributed by atoms with van der Waals surface area (Å²) in [6.45, 7) is 0. The average molecular weight is 630 g/mol. The summed E-state index contributed by atoms with van der Waals surface area (Å²) in [5.41, 5.74) is 12.3. The van der Waals surface area contributed by atoms with Crippen LogP contribution in [0.4, 0.5) is 0 Å². The Bertz CT molecular complexity index is 2660. The van der Waals surface area contributed by atoms with Crippen LogP contribution in [0, 0.1) is 0 Å². The Labute approximate surface area is 284 Å². The molecule has 232 valence electrons. The predicted octanol–water partition coefficient (Wildman–Crippen LogP) is 11.5. The molecule has 0 unspecified atom stereocenters. The van der Waals surface area contributed by atoms with Gasteiger partial charge >= 0.3 is 0 Å². The second kappa shape index (κ2) is 11.2. The van der Waals surface area contributed by atoms with Crippen molar-refractivity contribution in [2.45, 2.75) is 25.7 Å². The summed E-state index contributed by atoms with van der Waals surface area (Å²) in [5, 5.41) is 4.64. The summed E-state index contributed by atoms with van der Waals surface area (Å²) in [6, 6.07) is 40.8. The van der Waals surface area contributed by atoms with Gasteiger partial charge in [0.2, 0.25) is 0 Å². The fraction of sp³-hybridized carbons (Fsp3) is 0.0889. The number of para-hydroxylation sites is 1. The molecule has 2 aliphatic rings. The standard InChI is InChI=1S/C45H31N3O/c1-2-10-32-27-35(23-18-28(32)8-1)44-46-43(47-45(48-44)39-13-7-15-41-42(39)38-12-5-6-14-40(38)49-41)31-20-16-29(17-21-31)33-24-25-37-34(26-33)22-19-30-9-3-4-11-36(30)37/h1,4-8,11-27H,2-3,9-10H2. The minimum absolute atomic E-state index is 0.630. The Morgan fingerprint density at radius 2 is 1.22 bits per heavy atom. The van der Waals surface area contributed by atoms with Crippen molar-refractivity contribution < 1.29 is 4.42 Å². The lowest BCUT2D eigenvalue weighted by atomic mass is 9.91. The van der Waals surface area contributed by atoms with Crippen LogP contribution < -0.4 is 0 Å². The van der Waals surface area contributed by atoms with Crippen molar-refractivity contribution in [3.63, 3.8) is 0 Å². The van der Waals surface area contributed by atoms with E-state index in [9.17, 15) is 0 Å². The molecule has 0 bridgehead atoms. The molecule has 2 heterocycles. The number of furan rings is 1. The average Bonchev–Trinajstić information content (AvgIpc) is 3.56. The maximum Gasteiger partial charge on any atom is 0.164 e. The van der Waals surface area contributed by atoms with Crippen LogP contribution in [-0.4, -0.2) is 15.0 Å². The van der Waals surface area contributed by atoms with Gasteiger partial charge in [-0.1, -0.05) is 115 Å². The first-order chi connectivity index (χ1) is 24.2. The van der Waals surface area contributed by atoms with E-state index in [2.05, 4.69) is 109 Å². The van der Waals surface area contributed by atoms with Gasteiger partial charge in [0.25, 0.3) is 0 Å². The van der Waals surface area contributed by atoms with E-state index in [1.54, 1.807) is 0 Å². The number of hydrogen-bond donors (Lipinski definition) is 0. The molecule has 0 spiro atoms. The molecule has 49 heavy (non-hydrogen) atoms. The third kappa shape index (κ3) is 4.79. The van der Waals surface area contributed by atoms with Crippen LogP contribution in [0.1, 0.15) is 35.1 Å². The van der Waals surface area contributed by atoms with Crippen LogP contribution in [-0.2, 0) is 12.8 Å². The zero-order valence-corrected chi connectivity index (χ0v) is 26.9. The lowest BCUT2D eigenvalue weighted by Crippen LogP contribution is -2.02. The van der Waals surface area contributed by atoms with Crippen molar-refractivity contribution >= 4 is 44.9 Å². The summed E-state index contributed by atoms with van der Waals surface area (Å²) in [7, 11) is 0.